The highest BCUT2D eigenvalue weighted by atomic mass is 35.5. The van der Waals surface area contributed by atoms with Gasteiger partial charge in [-0.3, -0.25) is 0 Å². The first-order chi connectivity index (χ1) is 12.4. The number of nitrogens with one attached hydrogen (secondary N) is 1. The van der Waals surface area contributed by atoms with E-state index in [4.69, 9.17) is 23.2 Å². The Labute approximate surface area is 165 Å². The van der Waals surface area contributed by atoms with Crippen LogP contribution in [0.4, 0.5) is 13.2 Å². The van der Waals surface area contributed by atoms with Crippen LogP contribution in [0.2, 0.25) is 10.0 Å². The van der Waals surface area contributed by atoms with Gasteiger partial charge < -0.3 is 4.90 Å². The van der Waals surface area contributed by atoms with Crippen LogP contribution < -0.4 is 4.72 Å². The Bertz CT molecular complexity index is 919. The lowest BCUT2D eigenvalue weighted by Crippen LogP contribution is -2.35. The van der Waals surface area contributed by atoms with E-state index in [2.05, 4.69) is 4.72 Å². The first-order valence-corrected chi connectivity index (χ1v) is 9.93. The summed E-state index contributed by atoms with van der Waals surface area (Å²) in [6.45, 7) is 0.260. The normalized spacial score (nSPS) is 13.8. The number of likely N-dealkylation sites (N-methyl/N-ethyl adjacent to an activating group) is 1. The maximum Gasteiger partial charge on any atom is 0.416 e. The van der Waals surface area contributed by atoms with Crippen LogP contribution in [0.3, 0.4) is 0 Å². The molecule has 2 aromatic carbocycles. The van der Waals surface area contributed by atoms with Gasteiger partial charge in [0.2, 0.25) is 10.0 Å². The van der Waals surface area contributed by atoms with Crippen LogP contribution in [0.15, 0.2) is 47.4 Å². The molecule has 148 valence electrons. The molecule has 0 amide bonds. The Morgan fingerprint density at radius 1 is 1.07 bits per heavy atom. The van der Waals surface area contributed by atoms with Crippen LogP contribution in [0.1, 0.15) is 17.2 Å². The second kappa shape index (κ2) is 8.36. The third-order valence-corrected chi connectivity index (χ3v) is 5.87. The van der Waals surface area contributed by atoms with Gasteiger partial charge in [-0.15, -0.1) is 0 Å². The molecule has 0 aliphatic carbocycles. The maximum absolute atomic E-state index is 12.9. The van der Waals surface area contributed by atoms with E-state index >= 15 is 0 Å². The zero-order chi connectivity index (χ0) is 20.4. The van der Waals surface area contributed by atoms with Crippen LogP contribution in [-0.2, 0) is 16.2 Å². The first kappa shape index (κ1) is 22.0. The topological polar surface area (TPSA) is 49.4 Å². The third kappa shape index (κ3) is 5.83. The van der Waals surface area contributed by atoms with Gasteiger partial charge in [0.15, 0.2) is 0 Å². The number of sulfonamides is 1. The molecule has 0 spiro atoms. The quantitative estimate of drug-likeness (QED) is 0.714. The average molecular weight is 441 g/mol. The van der Waals surface area contributed by atoms with Gasteiger partial charge >= 0.3 is 6.18 Å². The summed E-state index contributed by atoms with van der Waals surface area (Å²) in [6, 6.07) is 7.49. The molecule has 0 aliphatic heterocycles. The SMILES string of the molecule is CN(C)CC(NS(=O)(=O)c1cccc(C(F)(F)F)c1)c1ccc(Cl)c(Cl)c1. The molecule has 0 radical (unpaired) electrons. The summed E-state index contributed by atoms with van der Waals surface area (Å²) in [5.74, 6) is 0. The molecule has 4 nitrogen and oxygen atoms in total. The second-order valence-corrected chi connectivity index (χ2v) is 8.66. The summed E-state index contributed by atoms with van der Waals surface area (Å²) >= 11 is 11.9. The molecule has 10 heteroatoms. The highest BCUT2D eigenvalue weighted by Crippen LogP contribution is 2.31. The van der Waals surface area contributed by atoms with Crippen LogP contribution in [0, 0.1) is 0 Å². The van der Waals surface area contributed by atoms with E-state index < -0.39 is 32.7 Å². The Balaban J connectivity index is 2.40. The molecule has 1 atom stereocenters. The van der Waals surface area contributed by atoms with Crippen molar-refractivity contribution >= 4 is 33.2 Å². The summed E-state index contributed by atoms with van der Waals surface area (Å²) < 4.78 is 66.5. The van der Waals surface area contributed by atoms with E-state index in [1.165, 1.54) is 12.1 Å². The number of nitrogens with zero attached hydrogens (tertiary/aromatic N) is 1. The molecule has 0 aliphatic rings. The zero-order valence-electron chi connectivity index (χ0n) is 14.4. The Morgan fingerprint density at radius 2 is 1.74 bits per heavy atom. The van der Waals surface area contributed by atoms with Crippen LogP contribution >= 0.6 is 23.2 Å². The van der Waals surface area contributed by atoms with Crippen molar-refractivity contribution in [1.82, 2.24) is 9.62 Å². The molecule has 27 heavy (non-hydrogen) atoms. The van der Waals surface area contributed by atoms with E-state index in [-0.39, 0.29) is 11.6 Å². The monoisotopic (exact) mass is 440 g/mol. The predicted molar refractivity (Wildman–Crippen MR) is 99.5 cm³/mol. The van der Waals surface area contributed by atoms with Gasteiger partial charge in [0.1, 0.15) is 0 Å². The number of benzene rings is 2. The fourth-order valence-electron chi connectivity index (χ4n) is 2.40. The molecule has 0 aromatic heterocycles. The summed E-state index contributed by atoms with van der Waals surface area (Å²) in [7, 11) is -0.733. The third-order valence-electron chi connectivity index (χ3n) is 3.66. The standard InChI is InChI=1S/C17H17Cl2F3N2O2S/c1-24(2)10-16(11-6-7-14(18)15(19)8-11)23-27(25,26)13-5-3-4-12(9-13)17(20,21)22/h3-9,16,23H,10H2,1-2H3. The van der Waals surface area contributed by atoms with Gasteiger partial charge in [-0.1, -0.05) is 35.3 Å². The fourth-order valence-corrected chi connectivity index (χ4v) is 3.97. The van der Waals surface area contributed by atoms with E-state index in [1.54, 1.807) is 25.1 Å². The molecule has 0 fully saturated rings. The number of hydrogen-bond acceptors (Lipinski definition) is 3. The predicted octanol–water partition coefficient (Wildman–Crippen LogP) is 4.59. The minimum atomic E-state index is -4.64. The Morgan fingerprint density at radius 3 is 2.30 bits per heavy atom. The van der Waals surface area contributed by atoms with E-state index in [0.717, 1.165) is 18.2 Å². The maximum atomic E-state index is 12.9. The summed E-state index contributed by atoms with van der Waals surface area (Å²) in [5.41, 5.74) is -0.502. The lowest BCUT2D eigenvalue weighted by Gasteiger charge is -2.23. The number of hydrogen-bond donors (Lipinski definition) is 1. The van der Waals surface area contributed by atoms with Crippen molar-refractivity contribution in [3.63, 3.8) is 0 Å². The van der Waals surface area contributed by atoms with Crippen LogP contribution in [0.5, 0.6) is 0 Å². The molecule has 0 heterocycles. The van der Waals surface area contributed by atoms with Crippen molar-refractivity contribution in [2.45, 2.75) is 17.1 Å². The van der Waals surface area contributed by atoms with Crippen molar-refractivity contribution < 1.29 is 21.6 Å². The molecule has 2 rings (SSSR count). The first-order valence-electron chi connectivity index (χ1n) is 7.69. The van der Waals surface area contributed by atoms with Gasteiger partial charge in [-0.05, 0) is 50.0 Å². The molecule has 2 aromatic rings. The largest absolute Gasteiger partial charge is 0.416 e. The summed E-state index contributed by atoms with van der Waals surface area (Å²) in [6.07, 6.45) is -4.64. The molecule has 0 bridgehead atoms. The number of rotatable bonds is 6. The van der Waals surface area contributed by atoms with Gasteiger partial charge in [-0.2, -0.15) is 13.2 Å². The van der Waals surface area contributed by atoms with Crippen molar-refractivity contribution in [3.05, 3.63) is 63.6 Å². The molecule has 1 unspecified atom stereocenters. The van der Waals surface area contributed by atoms with E-state index in [1.807, 2.05) is 0 Å². The zero-order valence-corrected chi connectivity index (χ0v) is 16.7. The lowest BCUT2D eigenvalue weighted by molar-refractivity contribution is -0.137. The Kier molecular flexibility index (Phi) is 6.81. The van der Waals surface area contributed by atoms with Gasteiger partial charge in [-0.25, -0.2) is 13.1 Å². The van der Waals surface area contributed by atoms with Gasteiger partial charge in [0.05, 0.1) is 26.5 Å². The fraction of sp³-hybridized carbons (Fsp3) is 0.294. The van der Waals surface area contributed by atoms with Crippen LogP contribution in [-0.4, -0.2) is 34.0 Å². The van der Waals surface area contributed by atoms with Gasteiger partial charge in [0.25, 0.3) is 0 Å². The van der Waals surface area contributed by atoms with Crippen molar-refractivity contribution in [3.8, 4) is 0 Å². The lowest BCUT2D eigenvalue weighted by atomic mass is 10.1. The van der Waals surface area contributed by atoms with Crippen LogP contribution in [0.25, 0.3) is 0 Å². The smallest absolute Gasteiger partial charge is 0.307 e. The van der Waals surface area contributed by atoms with E-state index in [9.17, 15) is 21.6 Å². The molecular formula is C17H17Cl2F3N2O2S. The number of alkyl halides is 3. The second-order valence-electron chi connectivity index (χ2n) is 6.14. The van der Waals surface area contributed by atoms with Gasteiger partial charge in [0, 0.05) is 6.54 Å². The molecular weight excluding hydrogens is 424 g/mol. The highest BCUT2D eigenvalue weighted by Gasteiger charge is 2.32. The van der Waals surface area contributed by atoms with Crippen molar-refractivity contribution in [2.24, 2.45) is 0 Å². The molecule has 0 saturated carbocycles. The van der Waals surface area contributed by atoms with Crippen molar-refractivity contribution in [2.75, 3.05) is 20.6 Å². The molecule has 1 N–H and O–H groups in total. The summed E-state index contributed by atoms with van der Waals surface area (Å²) in [5, 5.41) is 0.556. The minimum absolute atomic E-state index is 0.246. The Hall–Kier alpha value is -1.32. The highest BCUT2D eigenvalue weighted by molar-refractivity contribution is 7.89. The molecule has 0 saturated heterocycles. The van der Waals surface area contributed by atoms with Crippen molar-refractivity contribution in [1.29, 1.82) is 0 Å². The summed E-state index contributed by atoms with van der Waals surface area (Å²) in [4.78, 5) is 1.27. The number of halogens is 5. The minimum Gasteiger partial charge on any atom is -0.307 e. The van der Waals surface area contributed by atoms with E-state index in [0.29, 0.717) is 16.7 Å². The average Bonchev–Trinajstić information content (AvgIpc) is 2.55.